The Morgan fingerprint density at radius 1 is 0.868 bits per heavy atom. The third-order valence-electron chi connectivity index (χ3n) is 6.22. The van der Waals surface area contributed by atoms with Crippen LogP contribution < -0.4 is 29.6 Å². The SMILES string of the molecule is COc1cc(Br)c(CCN)cc1OC.COc1cc2c(cc1OC)N(C(c1ccccc1)C(F)(F)F)CC2. The molecule has 0 amide bonds. The van der Waals surface area contributed by atoms with Crippen LogP contribution in [0.5, 0.6) is 23.0 Å². The number of hydrogen-bond acceptors (Lipinski definition) is 6. The summed E-state index contributed by atoms with van der Waals surface area (Å²) in [4.78, 5) is 1.40. The van der Waals surface area contributed by atoms with Crippen molar-refractivity contribution in [1.82, 2.24) is 0 Å². The molecule has 0 radical (unpaired) electrons. The van der Waals surface area contributed by atoms with E-state index in [1.54, 1.807) is 44.6 Å². The van der Waals surface area contributed by atoms with E-state index >= 15 is 0 Å². The summed E-state index contributed by atoms with van der Waals surface area (Å²) in [5, 5.41) is 0. The first-order chi connectivity index (χ1) is 18.2. The lowest BCUT2D eigenvalue weighted by Crippen LogP contribution is -2.37. The van der Waals surface area contributed by atoms with E-state index in [2.05, 4.69) is 15.9 Å². The van der Waals surface area contributed by atoms with Crippen molar-refractivity contribution in [3.63, 3.8) is 0 Å². The molecule has 1 heterocycles. The smallest absolute Gasteiger partial charge is 0.412 e. The molecule has 3 aromatic rings. The van der Waals surface area contributed by atoms with Crippen molar-refractivity contribution in [2.45, 2.75) is 25.1 Å². The summed E-state index contributed by atoms with van der Waals surface area (Å²) in [6, 6.07) is 13.5. The molecule has 0 saturated carbocycles. The number of benzene rings is 3. The number of rotatable bonds is 8. The number of fused-ring (bicyclic) bond motifs is 1. The summed E-state index contributed by atoms with van der Waals surface area (Å²) < 4.78 is 63.2. The van der Waals surface area contributed by atoms with Gasteiger partial charge in [-0.15, -0.1) is 0 Å². The summed E-state index contributed by atoms with van der Waals surface area (Å²) in [5.41, 5.74) is 8.23. The Bertz CT molecular complexity index is 1210. The predicted molar refractivity (Wildman–Crippen MR) is 146 cm³/mol. The Hall–Kier alpha value is -3.11. The number of hydrogen-bond donors (Lipinski definition) is 1. The van der Waals surface area contributed by atoms with E-state index in [0.717, 1.165) is 33.5 Å². The highest BCUT2D eigenvalue weighted by atomic mass is 79.9. The van der Waals surface area contributed by atoms with Crippen LogP contribution in [0, 0.1) is 0 Å². The topological polar surface area (TPSA) is 66.2 Å². The van der Waals surface area contributed by atoms with Gasteiger partial charge in [-0.3, -0.25) is 0 Å². The Labute approximate surface area is 229 Å². The van der Waals surface area contributed by atoms with Gasteiger partial charge in [-0.05, 0) is 54.3 Å². The van der Waals surface area contributed by atoms with E-state index in [9.17, 15) is 13.2 Å². The molecule has 2 N–H and O–H groups in total. The first-order valence-electron chi connectivity index (χ1n) is 11.9. The molecule has 38 heavy (non-hydrogen) atoms. The summed E-state index contributed by atoms with van der Waals surface area (Å²) in [6.07, 6.45) is -3.02. The number of alkyl halides is 3. The average molecular weight is 597 g/mol. The maximum atomic E-state index is 13.8. The standard InChI is InChI=1S/C18H18F3NO2.C10H14BrNO2/c1-23-15-10-13-8-9-22(14(13)11-16(15)24-2)17(18(19,20)21)12-6-4-3-5-7-12;1-13-9-5-7(3-4-12)8(11)6-10(9)14-2/h3-7,10-11,17H,8-9H2,1-2H3;5-6H,3-4,12H2,1-2H3. The van der Waals surface area contributed by atoms with Gasteiger partial charge in [-0.25, -0.2) is 0 Å². The van der Waals surface area contributed by atoms with Crippen molar-refractivity contribution in [2.24, 2.45) is 5.73 Å². The van der Waals surface area contributed by atoms with Crippen LogP contribution in [0.25, 0.3) is 0 Å². The normalized spacial score (nSPS) is 13.2. The zero-order valence-corrected chi connectivity index (χ0v) is 23.4. The van der Waals surface area contributed by atoms with E-state index in [1.165, 1.54) is 31.3 Å². The molecule has 206 valence electrons. The zero-order chi connectivity index (χ0) is 27.9. The van der Waals surface area contributed by atoms with Crippen LogP contribution in [0.15, 0.2) is 59.1 Å². The van der Waals surface area contributed by atoms with Crippen molar-refractivity contribution >= 4 is 21.6 Å². The first kappa shape index (κ1) is 29.4. The van der Waals surface area contributed by atoms with Crippen molar-refractivity contribution in [3.8, 4) is 23.0 Å². The monoisotopic (exact) mass is 596 g/mol. The van der Waals surface area contributed by atoms with Gasteiger partial charge in [0.15, 0.2) is 29.0 Å². The number of halogens is 4. The number of nitrogens with two attached hydrogens (primary N) is 1. The minimum atomic E-state index is -4.38. The van der Waals surface area contributed by atoms with Gasteiger partial charge in [0.2, 0.25) is 0 Å². The molecule has 0 aliphatic carbocycles. The molecule has 1 aliphatic rings. The number of nitrogens with zero attached hydrogens (tertiary/aromatic N) is 1. The molecule has 0 aromatic heterocycles. The van der Waals surface area contributed by atoms with Crippen molar-refractivity contribution in [2.75, 3.05) is 46.4 Å². The van der Waals surface area contributed by atoms with E-state index in [1.807, 2.05) is 12.1 Å². The molecule has 0 bridgehead atoms. The third-order valence-corrected chi connectivity index (χ3v) is 6.96. The van der Waals surface area contributed by atoms with Crippen molar-refractivity contribution in [3.05, 3.63) is 75.8 Å². The van der Waals surface area contributed by atoms with Crippen molar-refractivity contribution in [1.29, 1.82) is 0 Å². The molecule has 0 fully saturated rings. The van der Waals surface area contributed by atoms with Crippen LogP contribution in [0.1, 0.15) is 22.7 Å². The minimum absolute atomic E-state index is 0.229. The van der Waals surface area contributed by atoms with Crippen LogP contribution in [-0.4, -0.2) is 47.7 Å². The summed E-state index contributed by atoms with van der Waals surface area (Å²) in [5.74, 6) is 2.41. The largest absolute Gasteiger partial charge is 0.493 e. The highest BCUT2D eigenvalue weighted by Gasteiger charge is 2.46. The molecule has 3 aromatic carbocycles. The van der Waals surface area contributed by atoms with Gasteiger partial charge < -0.3 is 29.6 Å². The Kier molecular flexibility index (Phi) is 10.2. The van der Waals surface area contributed by atoms with Gasteiger partial charge in [0, 0.05) is 22.8 Å². The fourth-order valence-corrected chi connectivity index (χ4v) is 4.95. The maximum absolute atomic E-state index is 13.8. The van der Waals surface area contributed by atoms with Crippen LogP contribution in [-0.2, 0) is 12.8 Å². The van der Waals surface area contributed by atoms with E-state index in [4.69, 9.17) is 24.7 Å². The van der Waals surface area contributed by atoms with E-state index in [-0.39, 0.29) is 5.56 Å². The lowest BCUT2D eigenvalue weighted by atomic mass is 10.0. The molecular weight excluding hydrogens is 565 g/mol. The van der Waals surface area contributed by atoms with Gasteiger partial charge in [0.25, 0.3) is 0 Å². The lowest BCUT2D eigenvalue weighted by molar-refractivity contribution is -0.150. The fraction of sp³-hybridized carbons (Fsp3) is 0.357. The highest BCUT2D eigenvalue weighted by Crippen LogP contribution is 2.46. The maximum Gasteiger partial charge on any atom is 0.412 e. The molecule has 0 saturated heterocycles. The van der Waals surface area contributed by atoms with Gasteiger partial charge in [0.1, 0.15) is 0 Å². The van der Waals surface area contributed by atoms with Gasteiger partial charge in [-0.1, -0.05) is 46.3 Å². The second-order valence-corrected chi connectivity index (χ2v) is 9.33. The average Bonchev–Trinajstić information content (AvgIpc) is 3.31. The Morgan fingerprint density at radius 3 is 1.97 bits per heavy atom. The van der Waals surface area contributed by atoms with E-state index in [0.29, 0.717) is 36.7 Å². The molecule has 6 nitrogen and oxygen atoms in total. The highest BCUT2D eigenvalue weighted by molar-refractivity contribution is 9.10. The molecular formula is C28H32BrF3N2O4. The molecule has 1 aliphatic heterocycles. The van der Waals surface area contributed by atoms with Crippen molar-refractivity contribution < 1.29 is 32.1 Å². The summed E-state index contributed by atoms with van der Waals surface area (Å²) in [7, 11) is 6.23. The summed E-state index contributed by atoms with van der Waals surface area (Å²) in [6.45, 7) is 0.915. The Balaban J connectivity index is 0.000000244. The second-order valence-electron chi connectivity index (χ2n) is 8.47. The minimum Gasteiger partial charge on any atom is -0.493 e. The third kappa shape index (κ3) is 6.66. The first-order valence-corrected chi connectivity index (χ1v) is 12.7. The molecule has 1 unspecified atom stereocenters. The van der Waals surface area contributed by atoms with E-state index < -0.39 is 12.2 Å². The van der Waals surface area contributed by atoms with Crippen LogP contribution >= 0.6 is 15.9 Å². The van der Waals surface area contributed by atoms with Crippen LogP contribution in [0.3, 0.4) is 0 Å². The number of methoxy groups -OCH3 is 4. The quantitative estimate of drug-likeness (QED) is 0.327. The second kappa shape index (κ2) is 13.1. The molecule has 10 heteroatoms. The van der Waals surface area contributed by atoms with Crippen LogP contribution in [0.2, 0.25) is 0 Å². The zero-order valence-electron chi connectivity index (χ0n) is 21.8. The predicted octanol–water partition coefficient (Wildman–Crippen LogP) is 6.34. The number of anilines is 1. The fourth-order valence-electron chi connectivity index (χ4n) is 4.43. The molecule has 0 spiro atoms. The summed E-state index contributed by atoms with van der Waals surface area (Å²) >= 11 is 3.46. The van der Waals surface area contributed by atoms with Crippen LogP contribution in [0.4, 0.5) is 18.9 Å². The van der Waals surface area contributed by atoms with Gasteiger partial charge in [0.05, 0.1) is 28.4 Å². The lowest BCUT2D eigenvalue weighted by Gasteiger charge is -2.32. The number of ether oxygens (including phenoxy) is 4. The van der Waals surface area contributed by atoms with Gasteiger partial charge in [-0.2, -0.15) is 13.2 Å². The molecule has 1 atom stereocenters. The molecule has 4 rings (SSSR count). The Morgan fingerprint density at radius 2 is 1.42 bits per heavy atom. The van der Waals surface area contributed by atoms with Gasteiger partial charge >= 0.3 is 6.18 Å².